The van der Waals surface area contributed by atoms with E-state index in [0.29, 0.717) is 32.7 Å². The third kappa shape index (κ3) is 5.37. The van der Waals surface area contributed by atoms with Crippen LogP contribution in [0.1, 0.15) is 19.4 Å². The van der Waals surface area contributed by atoms with Gasteiger partial charge in [-0.3, -0.25) is 10.1 Å². The molecule has 0 radical (unpaired) electrons. The summed E-state index contributed by atoms with van der Waals surface area (Å²) in [5.74, 6) is -0.0582. The number of carbonyl (C=O) groups is 2. The van der Waals surface area contributed by atoms with Gasteiger partial charge in [-0.2, -0.15) is 13.2 Å². The fourth-order valence-corrected chi connectivity index (χ4v) is 4.69. The number of anilines is 3. The Hall–Kier alpha value is -3.26. The highest BCUT2D eigenvalue weighted by Crippen LogP contribution is 2.35. The second-order valence-electron chi connectivity index (χ2n) is 8.02. The van der Waals surface area contributed by atoms with Crippen molar-refractivity contribution in [3.05, 3.63) is 46.7 Å². The van der Waals surface area contributed by atoms with Crippen molar-refractivity contribution in [1.82, 2.24) is 25.2 Å². The molecule has 3 aromatic rings. The van der Waals surface area contributed by atoms with Gasteiger partial charge in [0.25, 0.3) is 5.91 Å². The number of alkyl halides is 3. The molecule has 1 aliphatic rings. The molecule has 0 saturated carbocycles. The van der Waals surface area contributed by atoms with Gasteiger partial charge in [-0.25, -0.2) is 19.7 Å². The zero-order valence-corrected chi connectivity index (χ0v) is 20.8. The van der Waals surface area contributed by atoms with Crippen LogP contribution in [0.15, 0.2) is 41.1 Å². The molecule has 0 spiro atoms. The molecule has 0 atom stereocenters. The Morgan fingerprint density at radius 1 is 1.20 bits per heavy atom. The summed E-state index contributed by atoms with van der Waals surface area (Å²) >= 11 is 4.62. The largest absolute Gasteiger partial charge is 0.416 e. The van der Waals surface area contributed by atoms with Crippen LogP contribution in [0.3, 0.4) is 0 Å². The zero-order valence-electron chi connectivity index (χ0n) is 18.4. The number of carbonyl (C=O) groups excluding carboxylic acids is 2. The molecule has 1 aromatic carbocycles. The summed E-state index contributed by atoms with van der Waals surface area (Å²) in [6.07, 6.45) is -1.33. The molecule has 0 bridgehead atoms. The van der Waals surface area contributed by atoms with Gasteiger partial charge in [0.05, 0.1) is 14.9 Å². The average molecular weight is 570 g/mol. The first-order chi connectivity index (χ1) is 16.4. The van der Waals surface area contributed by atoms with Gasteiger partial charge >= 0.3 is 12.2 Å². The van der Waals surface area contributed by atoms with E-state index in [1.165, 1.54) is 28.4 Å². The lowest BCUT2D eigenvalue weighted by Gasteiger charge is -2.27. The zero-order chi connectivity index (χ0) is 25.4. The lowest BCUT2D eigenvalue weighted by atomic mass is 10.0. The van der Waals surface area contributed by atoms with E-state index in [1.807, 2.05) is 0 Å². The first kappa shape index (κ1) is 24.9. The quantitative estimate of drug-likeness (QED) is 0.348. The third-order valence-corrected chi connectivity index (χ3v) is 6.74. The van der Waals surface area contributed by atoms with Crippen LogP contribution in [-0.2, 0) is 11.0 Å². The molecule has 3 heterocycles. The summed E-state index contributed by atoms with van der Waals surface area (Å²) in [6.45, 7) is 3.88. The highest BCUT2D eigenvalue weighted by atomic mass is 79.9. The van der Waals surface area contributed by atoms with Gasteiger partial charge in [-0.1, -0.05) is 17.4 Å². The maximum atomic E-state index is 13.0. The fourth-order valence-electron chi connectivity index (χ4n) is 3.32. The van der Waals surface area contributed by atoms with Crippen molar-refractivity contribution in [2.45, 2.75) is 25.6 Å². The molecule has 3 amide bonds. The maximum Gasteiger partial charge on any atom is 0.416 e. The third-order valence-electron chi connectivity index (χ3n) is 5.24. The molecule has 184 valence electrons. The van der Waals surface area contributed by atoms with Crippen LogP contribution in [-0.4, -0.2) is 50.4 Å². The summed E-state index contributed by atoms with van der Waals surface area (Å²) in [5.41, 5.74) is -0.910. The van der Waals surface area contributed by atoms with E-state index in [4.69, 9.17) is 0 Å². The molecule has 4 rings (SSSR count). The minimum absolute atomic E-state index is 0.255. The molecular formula is C21H19BrF3N7O2S. The predicted octanol–water partition coefficient (Wildman–Crippen LogP) is 4.87. The molecule has 14 heteroatoms. The Morgan fingerprint density at radius 3 is 2.66 bits per heavy atom. The number of hydrogen-bond donors (Lipinski definition) is 3. The van der Waals surface area contributed by atoms with Crippen molar-refractivity contribution in [2.75, 3.05) is 23.7 Å². The molecule has 0 aliphatic carbocycles. The second-order valence-corrected chi connectivity index (χ2v) is 9.91. The van der Waals surface area contributed by atoms with Gasteiger partial charge < -0.3 is 15.5 Å². The van der Waals surface area contributed by atoms with Crippen LogP contribution in [0, 0.1) is 0 Å². The summed E-state index contributed by atoms with van der Waals surface area (Å²) < 4.78 is 39.5. The number of aromatic nitrogens is 3. The smallest absolute Gasteiger partial charge is 0.352 e. The molecule has 1 aliphatic heterocycles. The monoisotopic (exact) mass is 569 g/mol. The minimum atomic E-state index is -4.44. The molecule has 2 aromatic heterocycles. The van der Waals surface area contributed by atoms with Crippen LogP contribution in [0.2, 0.25) is 0 Å². The number of halogens is 4. The van der Waals surface area contributed by atoms with Crippen LogP contribution >= 0.6 is 27.3 Å². The number of nitrogens with one attached hydrogen (secondary N) is 3. The fraction of sp³-hybridized carbons (Fsp3) is 0.286. The molecule has 35 heavy (non-hydrogen) atoms. The Labute approximate surface area is 210 Å². The number of imide groups is 1. The Balaban J connectivity index is 1.44. The van der Waals surface area contributed by atoms with E-state index in [0.717, 1.165) is 12.1 Å². The second kappa shape index (κ2) is 9.41. The van der Waals surface area contributed by atoms with Crippen molar-refractivity contribution in [2.24, 2.45) is 0 Å². The highest BCUT2D eigenvalue weighted by Gasteiger charge is 2.45. The summed E-state index contributed by atoms with van der Waals surface area (Å²) in [5, 5.41) is 8.60. The lowest BCUT2D eigenvalue weighted by Crippen LogP contribution is -2.46. The van der Waals surface area contributed by atoms with Gasteiger partial charge in [-0.15, -0.1) is 0 Å². The Morgan fingerprint density at radius 2 is 1.97 bits per heavy atom. The van der Waals surface area contributed by atoms with Gasteiger partial charge in [-0.05, 0) is 48.0 Å². The highest BCUT2D eigenvalue weighted by molar-refractivity contribution is 9.10. The normalized spacial score (nSPS) is 15.3. The van der Waals surface area contributed by atoms with Crippen LogP contribution in [0.4, 0.5) is 34.7 Å². The molecular weight excluding hydrogens is 551 g/mol. The first-order valence-electron chi connectivity index (χ1n) is 10.2. The van der Waals surface area contributed by atoms with Crippen LogP contribution in [0.5, 0.6) is 0 Å². The topological polar surface area (TPSA) is 112 Å². The number of hydrogen-bond acceptors (Lipinski definition) is 8. The molecule has 3 N–H and O–H groups in total. The number of nitrogens with zero attached hydrogens (tertiary/aromatic N) is 4. The number of amides is 3. The Kier molecular flexibility index (Phi) is 6.68. The van der Waals surface area contributed by atoms with Crippen molar-refractivity contribution >= 4 is 56.0 Å². The van der Waals surface area contributed by atoms with Gasteiger partial charge in [0.15, 0.2) is 5.13 Å². The van der Waals surface area contributed by atoms with Gasteiger partial charge in [0.1, 0.15) is 11.2 Å². The van der Waals surface area contributed by atoms with E-state index in [9.17, 15) is 22.8 Å². The van der Waals surface area contributed by atoms with Crippen molar-refractivity contribution in [3.8, 4) is 10.6 Å². The Bertz CT molecular complexity index is 1280. The number of rotatable bonds is 7. The van der Waals surface area contributed by atoms with E-state index < -0.39 is 23.3 Å². The van der Waals surface area contributed by atoms with E-state index >= 15 is 0 Å². The molecule has 9 nitrogen and oxygen atoms in total. The maximum absolute atomic E-state index is 13.0. The van der Waals surface area contributed by atoms with Crippen molar-refractivity contribution in [3.63, 3.8) is 0 Å². The van der Waals surface area contributed by atoms with Crippen molar-refractivity contribution < 1.29 is 22.8 Å². The molecule has 1 saturated heterocycles. The van der Waals surface area contributed by atoms with Crippen LogP contribution in [0.25, 0.3) is 10.6 Å². The van der Waals surface area contributed by atoms with E-state index in [-0.39, 0.29) is 18.1 Å². The molecule has 0 unspecified atom stereocenters. The SMILES string of the molecule is CC1(C)C(=O)NC(=O)N1CCNc1ncc(Br)c(-c2cnc(Nc3cccc(C(F)(F)F)c3)s2)n1. The van der Waals surface area contributed by atoms with Crippen LogP contribution < -0.4 is 16.0 Å². The summed E-state index contributed by atoms with van der Waals surface area (Å²) in [6, 6.07) is 4.40. The van der Waals surface area contributed by atoms with E-state index in [1.54, 1.807) is 26.2 Å². The first-order valence-corrected chi connectivity index (χ1v) is 11.9. The van der Waals surface area contributed by atoms with E-state index in [2.05, 4.69) is 46.8 Å². The number of urea groups is 1. The van der Waals surface area contributed by atoms with Crippen molar-refractivity contribution in [1.29, 1.82) is 0 Å². The predicted molar refractivity (Wildman–Crippen MR) is 128 cm³/mol. The summed E-state index contributed by atoms with van der Waals surface area (Å²) in [7, 11) is 0. The number of thiazole rings is 1. The number of benzene rings is 1. The summed E-state index contributed by atoms with van der Waals surface area (Å²) in [4.78, 5) is 38.9. The van der Waals surface area contributed by atoms with Gasteiger partial charge in [0.2, 0.25) is 5.95 Å². The lowest BCUT2D eigenvalue weighted by molar-refractivity contribution is -0.137. The average Bonchev–Trinajstić information content (AvgIpc) is 3.32. The standard InChI is InChI=1S/C21H19BrF3N7O2S/c1-20(2)16(33)31-19(34)32(20)7-6-26-17-27-9-13(22)15(30-17)14-10-28-18(35-14)29-12-5-3-4-11(8-12)21(23,24)25/h3-5,8-10H,6-7H2,1-2H3,(H,28,29)(H,26,27,30)(H,31,33,34). The molecule has 1 fully saturated rings. The minimum Gasteiger partial charge on any atom is -0.352 e. The van der Waals surface area contributed by atoms with Gasteiger partial charge in [0, 0.05) is 31.2 Å².